The average molecular weight is 291 g/mol. The van der Waals surface area contributed by atoms with Crippen LogP contribution in [0.2, 0.25) is 0 Å². The van der Waals surface area contributed by atoms with Gasteiger partial charge in [-0.1, -0.05) is 12.1 Å². The van der Waals surface area contributed by atoms with Crippen molar-refractivity contribution >= 4 is 28.1 Å². The predicted molar refractivity (Wildman–Crippen MR) is 83.1 cm³/mol. The predicted octanol–water partition coefficient (Wildman–Crippen LogP) is 1.74. The van der Waals surface area contributed by atoms with Gasteiger partial charge in [0.15, 0.2) is 11.1 Å². The van der Waals surface area contributed by atoms with Crippen LogP contribution in [-0.4, -0.2) is 31.2 Å². The fourth-order valence-corrected chi connectivity index (χ4v) is 2.59. The first-order chi connectivity index (χ1) is 9.61. The quantitative estimate of drug-likeness (QED) is 0.442. The van der Waals surface area contributed by atoms with E-state index in [0.717, 1.165) is 11.3 Å². The van der Waals surface area contributed by atoms with Crippen molar-refractivity contribution in [1.82, 2.24) is 4.98 Å². The van der Waals surface area contributed by atoms with Gasteiger partial charge in [0.05, 0.1) is 18.8 Å². The topological polar surface area (TPSA) is 101 Å². The number of thiazole rings is 1. The Morgan fingerprint density at radius 1 is 1.50 bits per heavy atom. The molecule has 7 heteroatoms. The zero-order chi connectivity index (χ0) is 14.5. The van der Waals surface area contributed by atoms with Crippen molar-refractivity contribution in [2.75, 3.05) is 30.9 Å². The number of hydrogen-bond donors (Lipinski definition) is 3. The molecule has 6 nitrogen and oxygen atoms in total. The largest absolute Gasteiger partial charge is 0.399 e. The molecule has 106 valence electrons. The molecule has 0 aliphatic rings. The molecule has 0 atom stereocenters. The molecule has 0 saturated carbocycles. The van der Waals surface area contributed by atoms with E-state index in [0.29, 0.717) is 24.0 Å². The van der Waals surface area contributed by atoms with Gasteiger partial charge >= 0.3 is 0 Å². The van der Waals surface area contributed by atoms with Crippen molar-refractivity contribution in [2.45, 2.75) is 0 Å². The first-order valence-corrected chi connectivity index (χ1v) is 6.91. The third kappa shape index (κ3) is 3.25. The van der Waals surface area contributed by atoms with E-state index in [4.69, 9.17) is 21.6 Å². The van der Waals surface area contributed by atoms with Crippen LogP contribution in [0, 0.1) is 5.41 Å². The molecule has 2 aromatic rings. The summed E-state index contributed by atoms with van der Waals surface area (Å²) in [6.45, 7) is 0.975. The van der Waals surface area contributed by atoms with Crippen molar-refractivity contribution < 1.29 is 4.74 Å². The maximum atomic E-state index is 7.61. The van der Waals surface area contributed by atoms with Gasteiger partial charge in [-0.05, 0) is 12.1 Å². The minimum Gasteiger partial charge on any atom is -0.399 e. The molecule has 0 unspecified atom stereocenters. The highest BCUT2D eigenvalue weighted by Crippen LogP contribution is 2.28. The number of aromatic nitrogens is 1. The second kappa shape index (κ2) is 6.36. The molecule has 0 bridgehead atoms. The Morgan fingerprint density at radius 3 is 2.95 bits per heavy atom. The average Bonchev–Trinajstić information content (AvgIpc) is 2.88. The highest BCUT2D eigenvalue weighted by atomic mass is 32.1. The van der Waals surface area contributed by atoms with Gasteiger partial charge in [0, 0.05) is 23.7 Å². The summed E-state index contributed by atoms with van der Waals surface area (Å²) >= 11 is 1.43. The van der Waals surface area contributed by atoms with Gasteiger partial charge in [-0.15, -0.1) is 11.3 Å². The molecule has 1 heterocycles. The van der Waals surface area contributed by atoms with E-state index in [2.05, 4.69) is 4.98 Å². The number of guanidine groups is 1. The zero-order valence-corrected chi connectivity index (χ0v) is 12.0. The van der Waals surface area contributed by atoms with E-state index in [-0.39, 0.29) is 5.96 Å². The highest BCUT2D eigenvalue weighted by molar-refractivity contribution is 7.14. The first-order valence-electron chi connectivity index (χ1n) is 6.03. The summed E-state index contributed by atoms with van der Waals surface area (Å²) in [6, 6.07) is 7.53. The summed E-state index contributed by atoms with van der Waals surface area (Å²) in [6.07, 6.45) is 0. The summed E-state index contributed by atoms with van der Waals surface area (Å²) < 4.78 is 5.02. The van der Waals surface area contributed by atoms with E-state index < -0.39 is 0 Å². The van der Waals surface area contributed by atoms with Crippen LogP contribution in [0.5, 0.6) is 0 Å². The maximum Gasteiger partial charge on any atom is 0.194 e. The molecular formula is C13H17N5OS. The van der Waals surface area contributed by atoms with Crippen molar-refractivity contribution in [3.05, 3.63) is 29.6 Å². The lowest BCUT2D eigenvalue weighted by Crippen LogP contribution is -2.38. The van der Waals surface area contributed by atoms with Gasteiger partial charge in [0.2, 0.25) is 0 Å². The van der Waals surface area contributed by atoms with E-state index in [1.54, 1.807) is 12.0 Å². The lowest BCUT2D eigenvalue weighted by molar-refractivity contribution is 0.207. The number of anilines is 2. The Bertz CT molecular complexity index is 598. The van der Waals surface area contributed by atoms with Crippen LogP contribution in [0.4, 0.5) is 10.8 Å². The summed E-state index contributed by atoms with van der Waals surface area (Å²) in [5.41, 5.74) is 13.8. The van der Waals surface area contributed by atoms with Crippen LogP contribution in [0.1, 0.15) is 0 Å². The number of hydrogen-bond acceptors (Lipinski definition) is 5. The molecule has 5 N–H and O–H groups in total. The first kappa shape index (κ1) is 14.3. The van der Waals surface area contributed by atoms with Crippen LogP contribution in [0.25, 0.3) is 11.3 Å². The summed E-state index contributed by atoms with van der Waals surface area (Å²) in [4.78, 5) is 6.12. The standard InChI is InChI=1S/C13H17N5OS/c1-19-6-5-18(12(15)16)13-17-11(8-20-13)9-3-2-4-10(14)7-9/h2-4,7-8H,5-6,14H2,1H3,(H3,15,16). The molecular weight excluding hydrogens is 274 g/mol. The van der Waals surface area contributed by atoms with Crippen molar-refractivity contribution in [1.29, 1.82) is 5.41 Å². The normalized spacial score (nSPS) is 10.4. The number of benzene rings is 1. The molecule has 1 aromatic heterocycles. The van der Waals surface area contributed by atoms with Gasteiger partial charge in [-0.2, -0.15) is 0 Å². The van der Waals surface area contributed by atoms with Crippen LogP contribution >= 0.6 is 11.3 Å². The molecule has 0 fully saturated rings. The number of methoxy groups -OCH3 is 1. The number of nitrogen functional groups attached to an aromatic ring is 1. The summed E-state index contributed by atoms with van der Waals surface area (Å²) in [7, 11) is 1.61. The third-order valence-electron chi connectivity index (χ3n) is 2.72. The number of nitrogens with one attached hydrogen (secondary N) is 1. The molecule has 0 spiro atoms. The second-order valence-electron chi connectivity index (χ2n) is 4.17. The lowest BCUT2D eigenvalue weighted by Gasteiger charge is -2.18. The van der Waals surface area contributed by atoms with Crippen LogP contribution in [0.15, 0.2) is 29.6 Å². The fourth-order valence-electron chi connectivity index (χ4n) is 1.72. The second-order valence-corrected chi connectivity index (χ2v) is 5.01. The SMILES string of the molecule is COCCN(C(=N)N)c1nc(-c2cccc(N)c2)cs1. The van der Waals surface area contributed by atoms with Gasteiger partial charge < -0.3 is 16.2 Å². The molecule has 0 radical (unpaired) electrons. The van der Waals surface area contributed by atoms with E-state index >= 15 is 0 Å². The van der Waals surface area contributed by atoms with Crippen molar-refractivity contribution in [3.63, 3.8) is 0 Å². The molecule has 0 saturated heterocycles. The number of nitrogens with two attached hydrogens (primary N) is 2. The smallest absolute Gasteiger partial charge is 0.194 e. The number of nitrogens with zero attached hydrogens (tertiary/aromatic N) is 2. The minimum atomic E-state index is -0.0458. The Hall–Kier alpha value is -2.12. The fraction of sp³-hybridized carbons (Fsp3) is 0.231. The zero-order valence-electron chi connectivity index (χ0n) is 11.2. The Kier molecular flexibility index (Phi) is 4.54. The number of ether oxygens (including phenoxy) is 1. The van der Waals surface area contributed by atoms with Gasteiger partial charge in [0.25, 0.3) is 0 Å². The van der Waals surface area contributed by atoms with Crippen LogP contribution in [0.3, 0.4) is 0 Å². The molecule has 0 aliphatic carbocycles. The van der Waals surface area contributed by atoms with E-state index in [1.165, 1.54) is 11.3 Å². The van der Waals surface area contributed by atoms with Gasteiger partial charge in [0.1, 0.15) is 0 Å². The Labute approximate surface area is 121 Å². The minimum absolute atomic E-state index is 0.0458. The highest BCUT2D eigenvalue weighted by Gasteiger charge is 2.14. The monoisotopic (exact) mass is 291 g/mol. The molecule has 0 amide bonds. The van der Waals surface area contributed by atoms with Gasteiger partial charge in [-0.25, -0.2) is 4.98 Å². The maximum absolute atomic E-state index is 7.61. The van der Waals surface area contributed by atoms with Gasteiger partial charge in [-0.3, -0.25) is 10.3 Å². The summed E-state index contributed by atoms with van der Waals surface area (Å²) in [5, 5.41) is 10.2. The van der Waals surface area contributed by atoms with Crippen molar-refractivity contribution in [3.8, 4) is 11.3 Å². The number of rotatable bonds is 5. The van der Waals surface area contributed by atoms with Crippen LogP contribution < -0.4 is 16.4 Å². The van der Waals surface area contributed by atoms with E-state index in [9.17, 15) is 0 Å². The Morgan fingerprint density at radius 2 is 2.30 bits per heavy atom. The van der Waals surface area contributed by atoms with E-state index in [1.807, 2.05) is 29.6 Å². The van der Waals surface area contributed by atoms with Crippen LogP contribution in [-0.2, 0) is 4.74 Å². The summed E-state index contributed by atoms with van der Waals surface area (Å²) in [5.74, 6) is -0.0458. The Balaban J connectivity index is 2.24. The molecule has 1 aromatic carbocycles. The third-order valence-corrected chi connectivity index (χ3v) is 3.58. The van der Waals surface area contributed by atoms with Crippen molar-refractivity contribution in [2.24, 2.45) is 5.73 Å². The molecule has 0 aliphatic heterocycles. The molecule has 20 heavy (non-hydrogen) atoms. The lowest BCUT2D eigenvalue weighted by atomic mass is 10.1. The molecule has 2 rings (SSSR count).